The van der Waals surface area contributed by atoms with Gasteiger partial charge in [0.25, 0.3) is 0 Å². The smallest absolute Gasteiger partial charge is 0.119 e. The quantitative estimate of drug-likeness (QED) is 0.850. The molecule has 96 valence electrons. The molecule has 0 unspecified atom stereocenters. The van der Waals surface area contributed by atoms with Crippen LogP contribution in [-0.2, 0) is 13.1 Å². The summed E-state index contributed by atoms with van der Waals surface area (Å²) in [6, 6.07) is 9.94. The predicted octanol–water partition coefficient (Wildman–Crippen LogP) is 2.91. The summed E-state index contributed by atoms with van der Waals surface area (Å²) in [6.07, 6.45) is 3.13. The molecule has 0 radical (unpaired) electrons. The van der Waals surface area contributed by atoms with E-state index in [0.717, 1.165) is 36.6 Å². The van der Waals surface area contributed by atoms with Gasteiger partial charge in [0.2, 0.25) is 0 Å². The number of aromatic nitrogens is 2. The first-order valence-electron chi connectivity index (χ1n) is 6.22. The second kappa shape index (κ2) is 6.10. The van der Waals surface area contributed by atoms with Gasteiger partial charge in [0.1, 0.15) is 5.75 Å². The highest BCUT2D eigenvalue weighted by Gasteiger charge is 1.99. The zero-order valence-electron chi connectivity index (χ0n) is 10.9. The molecule has 1 aromatic carbocycles. The van der Waals surface area contributed by atoms with Gasteiger partial charge in [0.15, 0.2) is 0 Å². The van der Waals surface area contributed by atoms with Crippen LogP contribution in [0.2, 0.25) is 0 Å². The van der Waals surface area contributed by atoms with Gasteiger partial charge in [-0.05, 0) is 36.8 Å². The van der Waals surface area contributed by atoms with Crippen molar-refractivity contribution in [3.05, 3.63) is 42.2 Å². The van der Waals surface area contributed by atoms with Crippen LogP contribution < -0.4 is 10.1 Å². The highest BCUT2D eigenvalue weighted by Crippen LogP contribution is 2.15. The highest BCUT2D eigenvalue weighted by atomic mass is 16.5. The highest BCUT2D eigenvalue weighted by molar-refractivity contribution is 5.46. The second-order valence-corrected chi connectivity index (χ2v) is 4.15. The lowest BCUT2D eigenvalue weighted by Crippen LogP contribution is -2.02. The fraction of sp³-hybridized carbons (Fsp3) is 0.357. The number of methoxy groups -OCH3 is 1. The topological polar surface area (TPSA) is 39.1 Å². The molecule has 0 bridgehead atoms. The minimum Gasteiger partial charge on any atom is -0.497 e. The molecule has 0 saturated carbocycles. The van der Waals surface area contributed by atoms with Gasteiger partial charge in [-0.3, -0.25) is 4.68 Å². The van der Waals surface area contributed by atoms with Gasteiger partial charge in [-0.25, -0.2) is 0 Å². The van der Waals surface area contributed by atoms with E-state index >= 15 is 0 Å². The third-order valence-electron chi connectivity index (χ3n) is 2.71. The van der Waals surface area contributed by atoms with Crippen LogP contribution in [-0.4, -0.2) is 16.9 Å². The molecule has 1 heterocycles. The molecular formula is C14H19N3O. The Morgan fingerprint density at radius 2 is 2.00 bits per heavy atom. The molecule has 0 aliphatic heterocycles. The molecule has 2 aromatic rings. The average Bonchev–Trinajstić information content (AvgIpc) is 2.85. The number of hydrogen-bond donors (Lipinski definition) is 1. The van der Waals surface area contributed by atoms with Gasteiger partial charge in [-0.15, -0.1) is 0 Å². The molecule has 0 aliphatic carbocycles. The molecule has 2 rings (SSSR count). The molecule has 4 nitrogen and oxygen atoms in total. The third-order valence-corrected chi connectivity index (χ3v) is 2.71. The predicted molar refractivity (Wildman–Crippen MR) is 72.8 cm³/mol. The van der Waals surface area contributed by atoms with Crippen molar-refractivity contribution in [3.8, 4) is 5.75 Å². The van der Waals surface area contributed by atoms with E-state index in [1.54, 1.807) is 7.11 Å². The lowest BCUT2D eigenvalue weighted by molar-refractivity contribution is 0.415. The summed E-state index contributed by atoms with van der Waals surface area (Å²) in [5, 5.41) is 7.81. The van der Waals surface area contributed by atoms with Crippen molar-refractivity contribution in [1.29, 1.82) is 0 Å². The van der Waals surface area contributed by atoms with Crippen molar-refractivity contribution in [2.24, 2.45) is 0 Å². The van der Waals surface area contributed by atoms with Gasteiger partial charge in [-0.2, -0.15) is 5.10 Å². The number of nitrogens with one attached hydrogen (secondary N) is 1. The van der Waals surface area contributed by atoms with Gasteiger partial charge >= 0.3 is 0 Å². The van der Waals surface area contributed by atoms with E-state index < -0.39 is 0 Å². The molecule has 18 heavy (non-hydrogen) atoms. The summed E-state index contributed by atoms with van der Waals surface area (Å²) in [5.41, 5.74) is 2.13. The molecule has 0 atom stereocenters. The lowest BCUT2D eigenvalue weighted by Gasteiger charge is -2.05. The van der Waals surface area contributed by atoms with Crippen molar-refractivity contribution in [3.63, 3.8) is 0 Å². The zero-order chi connectivity index (χ0) is 12.8. The number of hydrogen-bond acceptors (Lipinski definition) is 3. The molecule has 0 amide bonds. The molecule has 0 spiro atoms. The summed E-state index contributed by atoms with van der Waals surface area (Å²) in [4.78, 5) is 0. The Morgan fingerprint density at radius 3 is 2.67 bits per heavy atom. The molecular weight excluding hydrogens is 226 g/mol. The Morgan fingerprint density at radius 1 is 1.22 bits per heavy atom. The third kappa shape index (κ3) is 3.26. The van der Waals surface area contributed by atoms with Gasteiger partial charge in [-0.1, -0.05) is 6.92 Å². The van der Waals surface area contributed by atoms with E-state index in [2.05, 4.69) is 17.3 Å². The van der Waals surface area contributed by atoms with Crippen LogP contribution in [0.3, 0.4) is 0 Å². The van der Waals surface area contributed by atoms with Gasteiger partial charge < -0.3 is 10.1 Å². The van der Waals surface area contributed by atoms with E-state index in [4.69, 9.17) is 4.74 Å². The Balaban J connectivity index is 1.89. The molecule has 0 aliphatic rings. The van der Waals surface area contributed by atoms with E-state index in [9.17, 15) is 0 Å². The Kier molecular flexibility index (Phi) is 4.23. The SMILES string of the molecule is CCCn1ccc(CNc2ccc(OC)cc2)n1. The van der Waals surface area contributed by atoms with Crippen molar-refractivity contribution in [2.75, 3.05) is 12.4 Å². The number of aryl methyl sites for hydroxylation is 1. The minimum absolute atomic E-state index is 0.739. The lowest BCUT2D eigenvalue weighted by atomic mass is 10.3. The number of nitrogens with zero attached hydrogens (tertiary/aromatic N) is 2. The summed E-state index contributed by atoms with van der Waals surface area (Å²) in [5.74, 6) is 0.868. The zero-order valence-corrected chi connectivity index (χ0v) is 10.9. The largest absolute Gasteiger partial charge is 0.497 e. The monoisotopic (exact) mass is 245 g/mol. The maximum absolute atomic E-state index is 5.12. The fourth-order valence-electron chi connectivity index (χ4n) is 1.75. The van der Waals surface area contributed by atoms with Crippen molar-refractivity contribution >= 4 is 5.69 Å². The summed E-state index contributed by atoms with van der Waals surface area (Å²) < 4.78 is 7.10. The summed E-state index contributed by atoms with van der Waals surface area (Å²) in [6.45, 7) is 3.86. The molecule has 0 saturated heterocycles. The van der Waals surface area contributed by atoms with Crippen LogP contribution in [0.4, 0.5) is 5.69 Å². The van der Waals surface area contributed by atoms with Crippen molar-refractivity contribution < 1.29 is 4.74 Å². The van der Waals surface area contributed by atoms with Crippen LogP contribution in [0.15, 0.2) is 36.5 Å². The Bertz CT molecular complexity index is 476. The van der Waals surface area contributed by atoms with Gasteiger partial charge in [0, 0.05) is 18.4 Å². The Hall–Kier alpha value is -1.97. The number of rotatable bonds is 6. The average molecular weight is 245 g/mol. The maximum atomic E-state index is 5.12. The fourth-order valence-corrected chi connectivity index (χ4v) is 1.75. The van der Waals surface area contributed by atoms with Crippen LogP contribution in [0.1, 0.15) is 19.0 Å². The molecule has 0 fully saturated rings. The van der Waals surface area contributed by atoms with E-state index in [-0.39, 0.29) is 0 Å². The minimum atomic E-state index is 0.739. The maximum Gasteiger partial charge on any atom is 0.119 e. The second-order valence-electron chi connectivity index (χ2n) is 4.15. The molecule has 1 aromatic heterocycles. The summed E-state index contributed by atoms with van der Waals surface area (Å²) in [7, 11) is 1.67. The first-order chi connectivity index (χ1) is 8.81. The summed E-state index contributed by atoms with van der Waals surface area (Å²) >= 11 is 0. The molecule has 4 heteroatoms. The normalized spacial score (nSPS) is 10.3. The van der Waals surface area contributed by atoms with Crippen molar-refractivity contribution in [1.82, 2.24) is 9.78 Å². The van der Waals surface area contributed by atoms with Crippen LogP contribution in [0, 0.1) is 0 Å². The van der Waals surface area contributed by atoms with E-state index in [1.807, 2.05) is 41.2 Å². The van der Waals surface area contributed by atoms with E-state index in [1.165, 1.54) is 0 Å². The van der Waals surface area contributed by atoms with Gasteiger partial charge in [0.05, 0.1) is 19.3 Å². The standard InChI is InChI=1S/C14H19N3O/c1-3-9-17-10-8-13(16-17)11-15-12-4-6-14(18-2)7-5-12/h4-8,10,15H,3,9,11H2,1-2H3. The number of benzene rings is 1. The van der Waals surface area contributed by atoms with Crippen LogP contribution in [0.5, 0.6) is 5.75 Å². The van der Waals surface area contributed by atoms with E-state index in [0.29, 0.717) is 0 Å². The number of anilines is 1. The molecule has 1 N–H and O–H groups in total. The Labute approximate surface area is 108 Å². The van der Waals surface area contributed by atoms with Crippen LogP contribution in [0.25, 0.3) is 0 Å². The van der Waals surface area contributed by atoms with Crippen molar-refractivity contribution in [2.45, 2.75) is 26.4 Å². The first kappa shape index (κ1) is 12.5. The first-order valence-corrected chi connectivity index (χ1v) is 6.22. The van der Waals surface area contributed by atoms with Crippen LogP contribution >= 0.6 is 0 Å². The number of ether oxygens (including phenoxy) is 1.